The molecule has 1 aromatic rings. The minimum absolute atomic E-state index is 0.118. The number of hydrogen-bond donors (Lipinski definition) is 3. The molecule has 0 saturated heterocycles. The van der Waals surface area contributed by atoms with Crippen LogP contribution in [-0.2, 0) is 4.79 Å². The summed E-state index contributed by atoms with van der Waals surface area (Å²) in [6.07, 6.45) is 1.80. The smallest absolute Gasteiger partial charge is 0.330 e. The fraction of sp³-hybridized carbons (Fsp3) is 0.429. The van der Waals surface area contributed by atoms with Crippen LogP contribution in [0.15, 0.2) is 30.3 Å². The van der Waals surface area contributed by atoms with Crippen LogP contribution in [0.3, 0.4) is 0 Å². The fourth-order valence-electron chi connectivity index (χ4n) is 2.08. The van der Waals surface area contributed by atoms with Crippen molar-refractivity contribution in [2.75, 3.05) is 13.2 Å². The molecule has 1 fully saturated rings. The summed E-state index contributed by atoms with van der Waals surface area (Å²) in [5, 5.41) is 20.8. The van der Waals surface area contributed by atoms with E-state index in [2.05, 4.69) is 5.32 Å². The molecule has 3 N–H and O–H groups in total. The molecule has 1 atom stereocenters. The number of aliphatic hydroxyl groups is 1. The minimum Gasteiger partial charge on any atom is -0.479 e. The van der Waals surface area contributed by atoms with Gasteiger partial charge in [0, 0.05) is 12.6 Å². The first kappa shape index (κ1) is 14.3. The molecule has 6 nitrogen and oxygen atoms in total. The summed E-state index contributed by atoms with van der Waals surface area (Å²) in [5.74, 6) is -1.11. The second-order valence-electron chi connectivity index (χ2n) is 4.78. The highest BCUT2D eigenvalue weighted by Gasteiger charge is 2.34. The normalized spacial score (nSPS) is 15.4. The molecule has 6 heteroatoms. The van der Waals surface area contributed by atoms with Gasteiger partial charge in [-0.25, -0.2) is 9.59 Å². The molecule has 0 aliphatic heterocycles. The Balaban J connectivity index is 2.07. The van der Waals surface area contributed by atoms with Crippen LogP contribution in [0.5, 0.6) is 0 Å². The molecule has 1 saturated carbocycles. The molecule has 1 aliphatic carbocycles. The average molecular weight is 278 g/mol. The van der Waals surface area contributed by atoms with Gasteiger partial charge in [-0.1, -0.05) is 30.3 Å². The van der Waals surface area contributed by atoms with Crippen LogP contribution in [0.2, 0.25) is 0 Å². The van der Waals surface area contributed by atoms with Crippen LogP contribution in [0, 0.1) is 0 Å². The van der Waals surface area contributed by atoms with Crippen LogP contribution < -0.4 is 5.32 Å². The monoisotopic (exact) mass is 278 g/mol. The van der Waals surface area contributed by atoms with Gasteiger partial charge in [0.25, 0.3) is 0 Å². The number of rotatable bonds is 6. The van der Waals surface area contributed by atoms with Gasteiger partial charge in [-0.15, -0.1) is 0 Å². The highest BCUT2D eigenvalue weighted by Crippen LogP contribution is 2.27. The van der Waals surface area contributed by atoms with Gasteiger partial charge in [-0.05, 0) is 18.4 Å². The van der Waals surface area contributed by atoms with E-state index in [1.165, 1.54) is 4.90 Å². The lowest BCUT2D eigenvalue weighted by Gasteiger charge is -2.24. The Kier molecular flexibility index (Phi) is 4.57. The van der Waals surface area contributed by atoms with E-state index in [4.69, 9.17) is 5.11 Å². The summed E-state index contributed by atoms with van der Waals surface area (Å²) in [6, 6.07) is 7.15. The lowest BCUT2D eigenvalue weighted by Crippen LogP contribution is -2.45. The third-order valence-electron chi connectivity index (χ3n) is 3.24. The van der Waals surface area contributed by atoms with Crippen molar-refractivity contribution in [2.45, 2.75) is 24.9 Å². The molecule has 1 aliphatic rings. The highest BCUT2D eigenvalue weighted by molar-refractivity contribution is 5.84. The molecule has 2 amide bonds. The number of amides is 2. The molecular weight excluding hydrogens is 260 g/mol. The van der Waals surface area contributed by atoms with E-state index in [0.29, 0.717) is 5.56 Å². The van der Waals surface area contributed by atoms with Gasteiger partial charge in [0.05, 0.1) is 6.61 Å². The Hall–Kier alpha value is -2.08. The molecular formula is C14H18N2O4. The molecule has 20 heavy (non-hydrogen) atoms. The number of nitrogens with one attached hydrogen (secondary N) is 1. The zero-order valence-electron chi connectivity index (χ0n) is 11.0. The van der Waals surface area contributed by atoms with Crippen molar-refractivity contribution in [1.82, 2.24) is 10.2 Å². The quantitative estimate of drug-likeness (QED) is 0.723. The number of nitrogens with zero attached hydrogens (tertiary/aromatic N) is 1. The van der Waals surface area contributed by atoms with Crippen LogP contribution in [0.25, 0.3) is 0 Å². The SMILES string of the molecule is O=C(O)[C@@H](NC(=O)N(CCO)C1CC1)c1ccccc1. The van der Waals surface area contributed by atoms with Crippen LogP contribution >= 0.6 is 0 Å². The molecule has 0 spiro atoms. The van der Waals surface area contributed by atoms with E-state index in [1.54, 1.807) is 30.3 Å². The van der Waals surface area contributed by atoms with Gasteiger partial charge in [0.1, 0.15) is 0 Å². The van der Waals surface area contributed by atoms with Crippen LogP contribution in [-0.4, -0.2) is 46.3 Å². The van der Waals surface area contributed by atoms with Gasteiger partial charge >= 0.3 is 12.0 Å². The van der Waals surface area contributed by atoms with Crippen molar-refractivity contribution in [1.29, 1.82) is 0 Å². The Bertz CT molecular complexity index is 473. The maximum atomic E-state index is 12.1. The number of hydrogen-bond acceptors (Lipinski definition) is 3. The zero-order valence-corrected chi connectivity index (χ0v) is 11.0. The predicted molar refractivity (Wildman–Crippen MR) is 72.2 cm³/mol. The number of carbonyl (C=O) groups excluding carboxylic acids is 1. The maximum Gasteiger partial charge on any atom is 0.330 e. The maximum absolute atomic E-state index is 12.1. The van der Waals surface area contributed by atoms with Crippen molar-refractivity contribution in [2.24, 2.45) is 0 Å². The van der Waals surface area contributed by atoms with E-state index in [0.717, 1.165) is 12.8 Å². The number of carboxylic acids is 1. The summed E-state index contributed by atoms with van der Waals surface area (Å²) in [6.45, 7) is 0.0879. The molecule has 0 bridgehead atoms. The second-order valence-corrected chi connectivity index (χ2v) is 4.78. The van der Waals surface area contributed by atoms with E-state index in [-0.39, 0.29) is 19.2 Å². The molecule has 1 aromatic carbocycles. The standard InChI is InChI=1S/C14H18N2O4/c17-9-8-16(11-6-7-11)14(20)15-12(13(18)19)10-4-2-1-3-5-10/h1-5,11-12,17H,6-9H2,(H,15,20)(H,18,19)/t12-/m0/s1. The third-order valence-corrected chi connectivity index (χ3v) is 3.24. The molecule has 0 unspecified atom stereocenters. The Morgan fingerprint density at radius 2 is 1.95 bits per heavy atom. The van der Waals surface area contributed by atoms with E-state index in [9.17, 15) is 14.7 Å². The zero-order chi connectivity index (χ0) is 14.5. The molecule has 0 aromatic heterocycles. The second kappa shape index (κ2) is 6.38. The first-order valence-corrected chi connectivity index (χ1v) is 6.59. The summed E-state index contributed by atoms with van der Waals surface area (Å²) in [5.41, 5.74) is 0.521. The Morgan fingerprint density at radius 1 is 1.30 bits per heavy atom. The molecule has 108 valence electrons. The third kappa shape index (κ3) is 3.48. The number of aliphatic carboxylic acids is 1. The first-order chi connectivity index (χ1) is 9.63. The largest absolute Gasteiger partial charge is 0.479 e. The molecule has 2 rings (SSSR count). The van der Waals surface area contributed by atoms with Gasteiger partial charge in [-0.3, -0.25) is 0 Å². The Morgan fingerprint density at radius 3 is 2.45 bits per heavy atom. The number of carbonyl (C=O) groups is 2. The number of carboxylic acid groups (broad SMARTS) is 1. The van der Waals surface area contributed by atoms with Crippen molar-refractivity contribution < 1.29 is 19.8 Å². The van der Waals surface area contributed by atoms with Gasteiger partial charge in [0.2, 0.25) is 0 Å². The minimum atomic E-state index is -1.11. The van der Waals surface area contributed by atoms with Crippen molar-refractivity contribution in [3.8, 4) is 0 Å². The molecule has 0 heterocycles. The van der Waals surface area contributed by atoms with E-state index >= 15 is 0 Å². The van der Waals surface area contributed by atoms with E-state index in [1.807, 2.05) is 0 Å². The highest BCUT2D eigenvalue weighted by atomic mass is 16.4. The average Bonchev–Trinajstić information content (AvgIpc) is 3.27. The summed E-state index contributed by atoms with van der Waals surface area (Å²) in [7, 11) is 0. The summed E-state index contributed by atoms with van der Waals surface area (Å²) < 4.78 is 0. The van der Waals surface area contributed by atoms with Crippen molar-refractivity contribution >= 4 is 12.0 Å². The van der Waals surface area contributed by atoms with Crippen LogP contribution in [0.4, 0.5) is 4.79 Å². The molecule has 0 radical (unpaired) electrons. The van der Waals surface area contributed by atoms with Crippen molar-refractivity contribution in [3.63, 3.8) is 0 Å². The number of benzene rings is 1. The summed E-state index contributed by atoms with van der Waals surface area (Å²) in [4.78, 5) is 25.0. The van der Waals surface area contributed by atoms with Gasteiger partial charge in [-0.2, -0.15) is 0 Å². The first-order valence-electron chi connectivity index (χ1n) is 6.59. The topological polar surface area (TPSA) is 89.9 Å². The van der Waals surface area contributed by atoms with E-state index < -0.39 is 18.0 Å². The fourth-order valence-corrected chi connectivity index (χ4v) is 2.08. The van der Waals surface area contributed by atoms with Gasteiger partial charge < -0.3 is 20.4 Å². The number of urea groups is 1. The summed E-state index contributed by atoms with van der Waals surface area (Å²) >= 11 is 0. The lowest BCUT2D eigenvalue weighted by atomic mass is 10.1. The lowest BCUT2D eigenvalue weighted by molar-refractivity contribution is -0.139. The number of aliphatic hydroxyl groups excluding tert-OH is 1. The Labute approximate surface area is 117 Å². The van der Waals surface area contributed by atoms with Crippen LogP contribution in [0.1, 0.15) is 24.4 Å². The van der Waals surface area contributed by atoms with Gasteiger partial charge in [0.15, 0.2) is 6.04 Å². The van der Waals surface area contributed by atoms with Crippen molar-refractivity contribution in [3.05, 3.63) is 35.9 Å². The predicted octanol–water partition coefficient (Wildman–Crippen LogP) is 0.979.